The number of anilines is 2. The second-order valence-electron chi connectivity index (χ2n) is 5.60. The minimum Gasteiger partial charge on any atom is -1.00 e. The van der Waals surface area contributed by atoms with Gasteiger partial charge in [-0.3, -0.25) is 0 Å². The highest BCUT2D eigenvalue weighted by molar-refractivity contribution is 5.92. The second-order valence-corrected chi connectivity index (χ2v) is 5.60. The fourth-order valence-corrected chi connectivity index (χ4v) is 2.76. The van der Waals surface area contributed by atoms with Crippen molar-refractivity contribution in [3.8, 4) is 17.1 Å². The Hall–Kier alpha value is -3.11. The maximum atomic E-state index is 5.44. The molecule has 4 nitrogen and oxygen atoms in total. The lowest BCUT2D eigenvalue weighted by Gasteiger charge is -2.13. The highest BCUT2D eigenvalue weighted by Crippen LogP contribution is 2.31. The van der Waals surface area contributed by atoms with Crippen molar-refractivity contribution in [3.63, 3.8) is 0 Å². The molecule has 0 aliphatic rings. The minimum absolute atomic E-state index is 0. The Balaban J connectivity index is 0.00000196. The number of methoxy groups -OCH3 is 1. The Bertz CT molecular complexity index is 1020. The first-order chi connectivity index (χ1) is 12.3. The molecule has 0 unspecified atom stereocenters. The van der Waals surface area contributed by atoms with E-state index in [9.17, 15) is 0 Å². The van der Waals surface area contributed by atoms with Gasteiger partial charge in [0, 0.05) is 10.9 Å². The molecule has 0 amide bonds. The van der Waals surface area contributed by atoms with E-state index in [2.05, 4.69) is 5.32 Å². The first-order valence-electron chi connectivity index (χ1n) is 8.07. The molecule has 130 valence electrons. The van der Waals surface area contributed by atoms with E-state index in [-0.39, 0.29) is 12.4 Å². The van der Waals surface area contributed by atoms with Crippen LogP contribution in [0.3, 0.4) is 0 Å². The quantitative estimate of drug-likeness (QED) is 0.603. The molecule has 5 heteroatoms. The van der Waals surface area contributed by atoms with Crippen molar-refractivity contribution in [2.45, 2.75) is 0 Å². The molecule has 0 fully saturated rings. The lowest BCUT2D eigenvalue weighted by Crippen LogP contribution is -3.00. The highest BCUT2D eigenvalue weighted by atomic mass is 35.5. The standard InChI is InChI=1S/C21H17N3O.ClH/c1-25-19-14-8-7-13-18(19)23-21-16-11-5-6-12-17(16)22-20(24-21)15-9-3-2-4-10-15;/h2-14H,1H3,(H,22,23,24);1H/p-1. The Morgan fingerprint density at radius 3 is 2.27 bits per heavy atom. The molecular weight excluding hydrogens is 346 g/mol. The van der Waals surface area contributed by atoms with Crippen molar-refractivity contribution in [3.05, 3.63) is 78.9 Å². The fraction of sp³-hybridized carbons (Fsp3) is 0.0476. The zero-order chi connectivity index (χ0) is 17.1. The summed E-state index contributed by atoms with van der Waals surface area (Å²) in [5.74, 6) is 2.22. The van der Waals surface area contributed by atoms with E-state index < -0.39 is 0 Å². The van der Waals surface area contributed by atoms with E-state index in [4.69, 9.17) is 14.7 Å². The van der Waals surface area contributed by atoms with Crippen LogP contribution in [0, 0.1) is 0 Å². The van der Waals surface area contributed by atoms with Gasteiger partial charge in [0.1, 0.15) is 11.6 Å². The molecule has 1 N–H and O–H groups in total. The molecule has 4 rings (SSSR count). The number of nitrogens with zero attached hydrogens (tertiary/aromatic N) is 2. The van der Waals surface area contributed by atoms with E-state index in [1.165, 1.54) is 0 Å². The number of hydrogen-bond donors (Lipinski definition) is 1. The summed E-state index contributed by atoms with van der Waals surface area (Å²) in [4.78, 5) is 9.47. The van der Waals surface area contributed by atoms with Crippen LogP contribution < -0.4 is 22.5 Å². The first kappa shape index (κ1) is 17.7. The van der Waals surface area contributed by atoms with Gasteiger partial charge in [0.25, 0.3) is 0 Å². The predicted molar refractivity (Wildman–Crippen MR) is 101 cm³/mol. The van der Waals surface area contributed by atoms with Crippen molar-refractivity contribution in [2.24, 2.45) is 0 Å². The summed E-state index contributed by atoms with van der Waals surface area (Å²) >= 11 is 0. The third kappa shape index (κ3) is 3.46. The molecule has 0 bridgehead atoms. The normalized spacial score (nSPS) is 10.2. The van der Waals surface area contributed by atoms with Gasteiger partial charge >= 0.3 is 0 Å². The molecule has 1 aromatic heterocycles. The molecule has 26 heavy (non-hydrogen) atoms. The van der Waals surface area contributed by atoms with Crippen molar-refractivity contribution in [1.29, 1.82) is 0 Å². The zero-order valence-electron chi connectivity index (χ0n) is 14.2. The summed E-state index contributed by atoms with van der Waals surface area (Å²) in [6, 6.07) is 25.8. The lowest BCUT2D eigenvalue weighted by molar-refractivity contribution is -0.00000529. The predicted octanol–water partition coefficient (Wildman–Crippen LogP) is 2.05. The molecule has 0 aliphatic carbocycles. The van der Waals surface area contributed by atoms with Gasteiger partial charge < -0.3 is 22.5 Å². The van der Waals surface area contributed by atoms with Gasteiger partial charge in [0.05, 0.1) is 18.3 Å². The number of rotatable bonds is 4. The summed E-state index contributed by atoms with van der Waals surface area (Å²) in [5, 5.41) is 4.37. The average molecular weight is 363 g/mol. The number of fused-ring (bicyclic) bond motifs is 1. The van der Waals surface area contributed by atoms with Crippen LogP contribution in [0.1, 0.15) is 0 Å². The van der Waals surface area contributed by atoms with Gasteiger partial charge in [-0.1, -0.05) is 54.6 Å². The van der Waals surface area contributed by atoms with E-state index in [1.54, 1.807) is 7.11 Å². The molecule has 1 heterocycles. The van der Waals surface area contributed by atoms with Crippen molar-refractivity contribution < 1.29 is 17.1 Å². The average Bonchev–Trinajstić information content (AvgIpc) is 2.69. The van der Waals surface area contributed by atoms with Crippen LogP contribution >= 0.6 is 0 Å². The maximum absolute atomic E-state index is 5.44. The summed E-state index contributed by atoms with van der Waals surface area (Å²) < 4.78 is 5.44. The van der Waals surface area contributed by atoms with Crippen LogP contribution in [0.15, 0.2) is 78.9 Å². The van der Waals surface area contributed by atoms with Crippen molar-refractivity contribution >= 4 is 22.4 Å². The Kier molecular flexibility index (Phi) is 5.34. The monoisotopic (exact) mass is 362 g/mol. The molecular formula is C21H17ClN3O-. The van der Waals surface area contributed by atoms with Crippen LogP contribution in [0.2, 0.25) is 0 Å². The minimum atomic E-state index is 0. The number of nitrogens with one attached hydrogen (secondary N) is 1. The SMILES string of the molecule is COc1ccccc1Nc1nc(-c2ccccc2)nc2ccccc12.[Cl-]. The number of benzene rings is 3. The van der Waals surface area contributed by atoms with Gasteiger partial charge in [-0.2, -0.15) is 0 Å². The second kappa shape index (κ2) is 7.85. The number of aromatic nitrogens is 2. The summed E-state index contributed by atoms with van der Waals surface area (Å²) in [6.07, 6.45) is 0. The molecule has 0 saturated carbocycles. The number of hydrogen-bond acceptors (Lipinski definition) is 4. The number of halogens is 1. The molecule has 0 aliphatic heterocycles. The zero-order valence-corrected chi connectivity index (χ0v) is 14.9. The van der Waals surface area contributed by atoms with Gasteiger partial charge in [-0.25, -0.2) is 9.97 Å². The van der Waals surface area contributed by atoms with E-state index in [0.717, 1.165) is 33.7 Å². The molecule has 4 aromatic rings. The molecule has 3 aromatic carbocycles. The topological polar surface area (TPSA) is 47.0 Å². The van der Waals surface area contributed by atoms with E-state index in [0.29, 0.717) is 5.82 Å². The Morgan fingerprint density at radius 1 is 0.769 bits per heavy atom. The molecule has 0 saturated heterocycles. The Morgan fingerprint density at radius 2 is 1.46 bits per heavy atom. The lowest BCUT2D eigenvalue weighted by atomic mass is 10.2. The van der Waals surface area contributed by atoms with E-state index >= 15 is 0 Å². The van der Waals surface area contributed by atoms with Gasteiger partial charge in [0.15, 0.2) is 5.82 Å². The van der Waals surface area contributed by atoms with Gasteiger partial charge in [0.2, 0.25) is 0 Å². The van der Waals surface area contributed by atoms with Gasteiger partial charge in [-0.15, -0.1) is 0 Å². The molecule has 0 radical (unpaired) electrons. The smallest absolute Gasteiger partial charge is 0.162 e. The third-order valence-corrected chi connectivity index (χ3v) is 4.00. The van der Waals surface area contributed by atoms with Gasteiger partial charge in [-0.05, 0) is 24.3 Å². The van der Waals surface area contributed by atoms with Crippen LogP contribution in [0.25, 0.3) is 22.3 Å². The molecule has 0 spiro atoms. The third-order valence-electron chi connectivity index (χ3n) is 4.00. The maximum Gasteiger partial charge on any atom is 0.162 e. The number of para-hydroxylation sites is 3. The number of ether oxygens (including phenoxy) is 1. The summed E-state index contributed by atoms with van der Waals surface area (Å²) in [7, 11) is 1.66. The van der Waals surface area contributed by atoms with Crippen LogP contribution in [0.5, 0.6) is 5.75 Å². The van der Waals surface area contributed by atoms with Crippen molar-refractivity contribution in [2.75, 3.05) is 12.4 Å². The summed E-state index contributed by atoms with van der Waals surface area (Å²) in [5.41, 5.74) is 2.75. The fourth-order valence-electron chi connectivity index (χ4n) is 2.76. The Labute approximate surface area is 158 Å². The highest BCUT2D eigenvalue weighted by Gasteiger charge is 2.11. The summed E-state index contributed by atoms with van der Waals surface area (Å²) in [6.45, 7) is 0. The van der Waals surface area contributed by atoms with E-state index in [1.807, 2.05) is 78.9 Å². The van der Waals surface area contributed by atoms with Crippen LogP contribution in [-0.2, 0) is 0 Å². The van der Waals surface area contributed by atoms with Crippen molar-refractivity contribution in [1.82, 2.24) is 9.97 Å². The molecule has 0 atom stereocenters. The van der Waals surface area contributed by atoms with Crippen LogP contribution in [0.4, 0.5) is 11.5 Å². The van der Waals surface area contributed by atoms with Crippen LogP contribution in [-0.4, -0.2) is 17.1 Å². The first-order valence-corrected chi connectivity index (χ1v) is 8.07. The largest absolute Gasteiger partial charge is 1.00 e.